The van der Waals surface area contributed by atoms with Gasteiger partial charge in [-0.05, 0) is 47.2 Å². The lowest BCUT2D eigenvalue weighted by Crippen LogP contribution is -2.01. The average molecular weight is 330 g/mol. The van der Waals surface area contributed by atoms with Crippen molar-refractivity contribution in [3.05, 3.63) is 43.9 Å². The molecule has 0 aliphatic rings. The van der Waals surface area contributed by atoms with Crippen LogP contribution in [0.1, 0.15) is 11.3 Å². The van der Waals surface area contributed by atoms with Crippen molar-refractivity contribution in [2.24, 2.45) is 0 Å². The van der Waals surface area contributed by atoms with Crippen molar-refractivity contribution >= 4 is 39.6 Å². The van der Waals surface area contributed by atoms with Crippen LogP contribution in [0.25, 0.3) is 0 Å². The Hall–Kier alpha value is -0.620. The Morgan fingerprint density at radius 3 is 3.07 bits per heavy atom. The predicted molar refractivity (Wildman–Crippen MR) is 73.3 cm³/mol. The number of thiazole rings is 1. The van der Waals surface area contributed by atoms with Gasteiger partial charge in [0.2, 0.25) is 0 Å². The average Bonchev–Trinajstić information content (AvgIpc) is 2.73. The van der Waals surface area contributed by atoms with Gasteiger partial charge in [0.25, 0.3) is 0 Å². The molecule has 1 N–H and O–H groups in total. The fraction of sp³-hybridized carbons (Fsp3) is 0.182. The first-order valence-electron chi connectivity index (χ1n) is 4.63. The molecule has 15 heavy (non-hydrogen) atoms. The van der Waals surface area contributed by atoms with Crippen LogP contribution in [0.2, 0.25) is 0 Å². The highest BCUT2D eigenvalue weighted by atomic mass is 127. The van der Waals surface area contributed by atoms with E-state index in [0.717, 1.165) is 12.2 Å². The normalized spacial score (nSPS) is 10.3. The standard InChI is InChI=1S/C11H11IN2S/c1-8-10(12)3-2-4-11(8)13-5-9-6-15-7-14-9/h2-4,6-7,13H,5H2,1H3. The lowest BCUT2D eigenvalue weighted by atomic mass is 10.2. The van der Waals surface area contributed by atoms with Crippen molar-refractivity contribution in [1.82, 2.24) is 4.98 Å². The van der Waals surface area contributed by atoms with Crippen molar-refractivity contribution in [2.75, 3.05) is 5.32 Å². The molecule has 0 fully saturated rings. The summed E-state index contributed by atoms with van der Waals surface area (Å²) in [5, 5.41) is 5.46. The smallest absolute Gasteiger partial charge is 0.0795 e. The molecule has 0 bridgehead atoms. The third kappa shape index (κ3) is 2.69. The molecule has 1 heterocycles. The molecule has 2 nitrogen and oxygen atoms in total. The van der Waals surface area contributed by atoms with E-state index < -0.39 is 0 Å². The maximum Gasteiger partial charge on any atom is 0.0795 e. The van der Waals surface area contributed by atoms with Crippen LogP contribution >= 0.6 is 33.9 Å². The zero-order chi connectivity index (χ0) is 10.7. The van der Waals surface area contributed by atoms with E-state index in [-0.39, 0.29) is 0 Å². The number of hydrogen-bond acceptors (Lipinski definition) is 3. The summed E-state index contributed by atoms with van der Waals surface area (Å²) in [5.41, 5.74) is 5.44. The molecule has 78 valence electrons. The number of anilines is 1. The molecule has 0 saturated heterocycles. The molecule has 0 saturated carbocycles. The van der Waals surface area contributed by atoms with Gasteiger partial charge in [-0.1, -0.05) is 6.07 Å². The van der Waals surface area contributed by atoms with Gasteiger partial charge in [0, 0.05) is 14.6 Å². The Kier molecular flexibility index (Phi) is 3.58. The van der Waals surface area contributed by atoms with Gasteiger partial charge in [0.05, 0.1) is 17.7 Å². The number of halogens is 1. The maximum absolute atomic E-state index is 4.24. The fourth-order valence-corrected chi connectivity index (χ4v) is 2.37. The van der Waals surface area contributed by atoms with E-state index in [0.29, 0.717) is 0 Å². The number of hydrogen-bond donors (Lipinski definition) is 1. The highest BCUT2D eigenvalue weighted by Gasteiger charge is 2.01. The van der Waals surface area contributed by atoms with Crippen molar-refractivity contribution in [3.63, 3.8) is 0 Å². The fourth-order valence-electron chi connectivity index (χ4n) is 1.31. The van der Waals surface area contributed by atoms with Crippen molar-refractivity contribution in [2.45, 2.75) is 13.5 Å². The number of rotatable bonds is 3. The molecular formula is C11H11IN2S. The number of nitrogens with zero attached hydrogens (tertiary/aromatic N) is 1. The Bertz CT molecular complexity index is 440. The maximum atomic E-state index is 4.24. The molecule has 0 unspecified atom stereocenters. The summed E-state index contributed by atoms with van der Waals surface area (Å²) in [4.78, 5) is 4.24. The van der Waals surface area contributed by atoms with Crippen LogP contribution in [0.3, 0.4) is 0 Å². The van der Waals surface area contributed by atoms with E-state index in [1.165, 1.54) is 14.8 Å². The zero-order valence-electron chi connectivity index (χ0n) is 8.33. The second-order valence-electron chi connectivity index (χ2n) is 3.25. The van der Waals surface area contributed by atoms with E-state index in [4.69, 9.17) is 0 Å². The second-order valence-corrected chi connectivity index (χ2v) is 5.13. The number of nitrogens with one attached hydrogen (secondary N) is 1. The van der Waals surface area contributed by atoms with Gasteiger partial charge in [0.1, 0.15) is 0 Å². The Morgan fingerprint density at radius 1 is 1.47 bits per heavy atom. The Morgan fingerprint density at radius 2 is 2.33 bits per heavy atom. The minimum Gasteiger partial charge on any atom is -0.379 e. The van der Waals surface area contributed by atoms with E-state index >= 15 is 0 Å². The first-order chi connectivity index (χ1) is 7.27. The lowest BCUT2D eigenvalue weighted by molar-refractivity contribution is 1.07. The van der Waals surface area contributed by atoms with Gasteiger partial charge >= 0.3 is 0 Å². The van der Waals surface area contributed by atoms with Crippen LogP contribution in [-0.2, 0) is 6.54 Å². The van der Waals surface area contributed by atoms with Gasteiger partial charge < -0.3 is 5.32 Å². The molecule has 2 aromatic rings. The summed E-state index contributed by atoms with van der Waals surface area (Å²) < 4.78 is 1.29. The van der Waals surface area contributed by atoms with Gasteiger partial charge in [0.15, 0.2) is 0 Å². The summed E-state index contributed by atoms with van der Waals surface area (Å²) in [6.45, 7) is 2.93. The summed E-state index contributed by atoms with van der Waals surface area (Å²) >= 11 is 3.98. The van der Waals surface area contributed by atoms with E-state index in [9.17, 15) is 0 Å². The number of benzene rings is 1. The Labute approximate surface area is 107 Å². The molecule has 1 aromatic carbocycles. The zero-order valence-corrected chi connectivity index (χ0v) is 11.3. The summed E-state index contributed by atoms with van der Waals surface area (Å²) in [6, 6.07) is 6.28. The van der Waals surface area contributed by atoms with Crippen LogP contribution in [0.5, 0.6) is 0 Å². The van der Waals surface area contributed by atoms with E-state index in [1.54, 1.807) is 11.3 Å². The molecule has 1 aromatic heterocycles. The molecule has 2 rings (SSSR count). The first-order valence-corrected chi connectivity index (χ1v) is 6.65. The second kappa shape index (κ2) is 4.94. The quantitative estimate of drug-likeness (QED) is 0.869. The molecule has 0 atom stereocenters. The van der Waals surface area contributed by atoms with E-state index in [1.807, 2.05) is 5.51 Å². The van der Waals surface area contributed by atoms with Crippen molar-refractivity contribution in [3.8, 4) is 0 Å². The minimum atomic E-state index is 0.796. The van der Waals surface area contributed by atoms with E-state index in [2.05, 4.69) is 63.4 Å². The molecule has 0 amide bonds. The van der Waals surface area contributed by atoms with Gasteiger partial charge in [-0.2, -0.15) is 0 Å². The highest BCUT2D eigenvalue weighted by molar-refractivity contribution is 14.1. The lowest BCUT2D eigenvalue weighted by Gasteiger charge is -2.09. The largest absolute Gasteiger partial charge is 0.379 e. The van der Waals surface area contributed by atoms with Crippen LogP contribution in [0.4, 0.5) is 5.69 Å². The SMILES string of the molecule is Cc1c(I)cccc1NCc1cscn1. The number of aromatic nitrogens is 1. The van der Waals surface area contributed by atoms with Gasteiger partial charge in [-0.25, -0.2) is 4.98 Å². The van der Waals surface area contributed by atoms with Crippen LogP contribution in [-0.4, -0.2) is 4.98 Å². The molecule has 0 aliphatic carbocycles. The Balaban J connectivity index is 2.08. The van der Waals surface area contributed by atoms with Gasteiger partial charge in [-0.3, -0.25) is 0 Å². The molecule has 4 heteroatoms. The molecule has 0 spiro atoms. The topological polar surface area (TPSA) is 24.9 Å². The van der Waals surface area contributed by atoms with Crippen LogP contribution < -0.4 is 5.32 Å². The summed E-state index contributed by atoms with van der Waals surface area (Å²) in [5.74, 6) is 0. The minimum absolute atomic E-state index is 0.796. The van der Waals surface area contributed by atoms with Crippen molar-refractivity contribution in [1.29, 1.82) is 0 Å². The molecule has 0 aliphatic heterocycles. The van der Waals surface area contributed by atoms with Crippen LogP contribution in [0, 0.1) is 10.5 Å². The predicted octanol–water partition coefficient (Wildman–Crippen LogP) is 3.67. The highest BCUT2D eigenvalue weighted by Crippen LogP contribution is 2.20. The third-order valence-corrected chi connectivity index (χ3v) is 4.02. The van der Waals surface area contributed by atoms with Gasteiger partial charge in [-0.15, -0.1) is 11.3 Å². The summed E-state index contributed by atoms with van der Waals surface area (Å²) in [6.07, 6.45) is 0. The van der Waals surface area contributed by atoms with Crippen molar-refractivity contribution < 1.29 is 0 Å². The van der Waals surface area contributed by atoms with Crippen LogP contribution in [0.15, 0.2) is 29.1 Å². The first kappa shape index (κ1) is 10.9. The monoisotopic (exact) mass is 330 g/mol. The summed E-state index contributed by atoms with van der Waals surface area (Å²) in [7, 11) is 0. The molecule has 0 radical (unpaired) electrons. The molecular weight excluding hydrogens is 319 g/mol. The third-order valence-electron chi connectivity index (χ3n) is 2.21.